The van der Waals surface area contributed by atoms with Crippen molar-refractivity contribution in [3.8, 4) is 0 Å². The van der Waals surface area contributed by atoms with Gasteiger partial charge in [-0.15, -0.1) is 0 Å². The quantitative estimate of drug-likeness (QED) is 0.646. The van der Waals surface area contributed by atoms with Gasteiger partial charge in [-0.05, 0) is 44.6 Å². The number of piperidine rings is 1. The van der Waals surface area contributed by atoms with E-state index in [-0.39, 0.29) is 11.9 Å². The number of hydrogen-bond donors (Lipinski definition) is 0. The second-order valence-corrected chi connectivity index (χ2v) is 8.88. The third-order valence-electron chi connectivity index (χ3n) is 6.24. The number of carbonyl (C=O) groups excluding carboxylic acids is 2. The van der Waals surface area contributed by atoms with E-state index in [1.807, 2.05) is 17.9 Å². The lowest BCUT2D eigenvalue weighted by Gasteiger charge is -2.42. The molecule has 0 aliphatic carbocycles. The van der Waals surface area contributed by atoms with Crippen molar-refractivity contribution in [2.45, 2.75) is 52.5 Å². The highest BCUT2D eigenvalue weighted by atomic mass is 16.2. The van der Waals surface area contributed by atoms with Gasteiger partial charge in [0, 0.05) is 32.7 Å². The van der Waals surface area contributed by atoms with Gasteiger partial charge in [0.15, 0.2) is 0 Å². The van der Waals surface area contributed by atoms with Gasteiger partial charge in [0.2, 0.25) is 0 Å². The molecule has 0 N–H and O–H groups in total. The Morgan fingerprint density at radius 3 is 2.38 bits per heavy atom. The minimum atomic E-state index is -0.629. The fourth-order valence-electron chi connectivity index (χ4n) is 4.56. The van der Waals surface area contributed by atoms with E-state index in [0.717, 1.165) is 38.9 Å². The van der Waals surface area contributed by atoms with Gasteiger partial charge in [-0.3, -0.25) is 14.6 Å². The molecule has 2 saturated heterocycles. The number of amides is 3. The predicted molar refractivity (Wildman–Crippen MR) is 117 cm³/mol. The van der Waals surface area contributed by atoms with Crippen LogP contribution in [-0.2, 0) is 4.79 Å². The number of hydrogen-bond acceptors (Lipinski definition) is 3. The van der Waals surface area contributed by atoms with E-state index in [0.29, 0.717) is 19.0 Å². The molecule has 29 heavy (non-hydrogen) atoms. The van der Waals surface area contributed by atoms with Crippen molar-refractivity contribution in [1.82, 2.24) is 14.7 Å². The molecule has 5 heteroatoms. The van der Waals surface area contributed by atoms with Crippen molar-refractivity contribution in [3.05, 3.63) is 41.5 Å². The number of nitrogens with zero attached hydrogens (tertiary/aromatic N) is 3. The summed E-state index contributed by atoms with van der Waals surface area (Å²) in [6.07, 6.45) is 4.61. The van der Waals surface area contributed by atoms with Crippen molar-refractivity contribution < 1.29 is 9.59 Å². The van der Waals surface area contributed by atoms with Gasteiger partial charge < -0.3 is 4.90 Å². The van der Waals surface area contributed by atoms with Crippen molar-refractivity contribution in [3.63, 3.8) is 0 Å². The van der Waals surface area contributed by atoms with Crippen LogP contribution in [0.15, 0.2) is 35.9 Å². The molecule has 1 aromatic rings. The first-order valence-electron chi connectivity index (χ1n) is 11.0. The zero-order valence-electron chi connectivity index (χ0n) is 18.4. The molecule has 0 unspecified atom stereocenters. The fraction of sp³-hybridized carbons (Fsp3) is 0.583. The van der Waals surface area contributed by atoms with Crippen LogP contribution in [0, 0.1) is 5.92 Å². The SMILES string of the molecule is CCN1C(=O)N(CCC(C)C)C2(CCN(C/C(C)=C/c3ccccc3)CC2)C1=O. The number of likely N-dealkylation sites (tertiary alicyclic amines) is 1. The van der Waals surface area contributed by atoms with Crippen LogP contribution in [0.1, 0.15) is 52.5 Å². The summed E-state index contributed by atoms with van der Waals surface area (Å²) in [6, 6.07) is 10.3. The molecule has 2 aliphatic rings. The zero-order valence-corrected chi connectivity index (χ0v) is 18.4. The lowest BCUT2D eigenvalue weighted by molar-refractivity contribution is -0.135. The number of likely N-dealkylation sites (N-methyl/N-ethyl adjacent to an activating group) is 1. The maximum atomic E-state index is 13.2. The highest BCUT2D eigenvalue weighted by molar-refractivity contribution is 6.07. The average molecular weight is 398 g/mol. The Labute approximate surface area is 175 Å². The molecule has 0 bridgehead atoms. The molecule has 2 aliphatic heterocycles. The first-order valence-corrected chi connectivity index (χ1v) is 11.0. The van der Waals surface area contributed by atoms with Gasteiger partial charge in [0.1, 0.15) is 5.54 Å². The molecular weight excluding hydrogens is 362 g/mol. The summed E-state index contributed by atoms with van der Waals surface area (Å²) in [6.45, 7) is 12.1. The van der Waals surface area contributed by atoms with E-state index < -0.39 is 5.54 Å². The molecule has 0 radical (unpaired) electrons. The van der Waals surface area contributed by atoms with Crippen molar-refractivity contribution in [1.29, 1.82) is 0 Å². The van der Waals surface area contributed by atoms with Crippen molar-refractivity contribution >= 4 is 18.0 Å². The Bertz CT molecular complexity index is 749. The molecular formula is C24H35N3O2. The first kappa shape index (κ1) is 21.6. The van der Waals surface area contributed by atoms with E-state index in [4.69, 9.17) is 0 Å². The highest BCUT2D eigenvalue weighted by Gasteiger charge is 2.57. The van der Waals surface area contributed by atoms with E-state index >= 15 is 0 Å². The smallest absolute Gasteiger partial charge is 0.309 e. The summed E-state index contributed by atoms with van der Waals surface area (Å²) < 4.78 is 0. The predicted octanol–water partition coefficient (Wildman–Crippen LogP) is 4.25. The first-order chi connectivity index (χ1) is 13.9. The highest BCUT2D eigenvalue weighted by Crippen LogP contribution is 2.37. The largest absolute Gasteiger partial charge is 0.327 e. The molecule has 5 nitrogen and oxygen atoms in total. The van der Waals surface area contributed by atoms with Gasteiger partial charge in [-0.2, -0.15) is 0 Å². The van der Waals surface area contributed by atoms with Crippen molar-refractivity contribution in [2.24, 2.45) is 5.92 Å². The topological polar surface area (TPSA) is 43.9 Å². The minimum Gasteiger partial charge on any atom is -0.309 e. The molecule has 0 saturated carbocycles. The average Bonchev–Trinajstić information content (AvgIpc) is 2.88. The minimum absolute atomic E-state index is 0.0185. The maximum absolute atomic E-state index is 13.2. The second-order valence-electron chi connectivity index (χ2n) is 8.88. The Hall–Kier alpha value is -2.14. The van der Waals surface area contributed by atoms with Gasteiger partial charge in [0.05, 0.1) is 0 Å². The number of imide groups is 1. The third kappa shape index (κ3) is 4.55. The summed E-state index contributed by atoms with van der Waals surface area (Å²) >= 11 is 0. The maximum Gasteiger partial charge on any atom is 0.327 e. The summed E-state index contributed by atoms with van der Waals surface area (Å²) in [7, 11) is 0. The second kappa shape index (κ2) is 9.12. The normalized spacial score (nSPS) is 20.4. The van der Waals surface area contributed by atoms with Crippen LogP contribution in [0.25, 0.3) is 6.08 Å². The lowest BCUT2D eigenvalue weighted by atomic mass is 9.85. The van der Waals surface area contributed by atoms with Crippen LogP contribution in [0.3, 0.4) is 0 Å². The van der Waals surface area contributed by atoms with E-state index in [2.05, 4.69) is 56.0 Å². The molecule has 1 spiro atoms. The Kier molecular flexibility index (Phi) is 6.78. The van der Waals surface area contributed by atoms with Crippen LogP contribution in [0.5, 0.6) is 0 Å². The third-order valence-corrected chi connectivity index (χ3v) is 6.24. The molecule has 1 aromatic carbocycles. The molecule has 2 heterocycles. The Morgan fingerprint density at radius 2 is 1.79 bits per heavy atom. The summed E-state index contributed by atoms with van der Waals surface area (Å²) in [4.78, 5) is 31.8. The van der Waals surface area contributed by atoms with Gasteiger partial charge in [0.25, 0.3) is 5.91 Å². The van der Waals surface area contributed by atoms with Crippen molar-refractivity contribution in [2.75, 3.05) is 32.7 Å². The van der Waals surface area contributed by atoms with Crippen LogP contribution in [0.4, 0.5) is 4.79 Å². The molecule has 0 aromatic heterocycles. The molecule has 0 atom stereocenters. The van der Waals surface area contributed by atoms with Crippen LogP contribution in [-0.4, -0.2) is 64.9 Å². The Balaban J connectivity index is 1.68. The summed E-state index contributed by atoms with van der Waals surface area (Å²) in [5, 5.41) is 0. The van der Waals surface area contributed by atoms with E-state index in [9.17, 15) is 9.59 Å². The van der Waals surface area contributed by atoms with Crippen LogP contribution in [0.2, 0.25) is 0 Å². The van der Waals surface area contributed by atoms with Gasteiger partial charge in [-0.1, -0.05) is 55.8 Å². The van der Waals surface area contributed by atoms with Crippen LogP contribution < -0.4 is 0 Å². The van der Waals surface area contributed by atoms with E-state index in [1.165, 1.54) is 16.0 Å². The molecule has 3 rings (SSSR count). The Morgan fingerprint density at radius 1 is 1.14 bits per heavy atom. The molecule has 3 amide bonds. The molecule has 158 valence electrons. The number of benzene rings is 1. The monoisotopic (exact) mass is 397 g/mol. The summed E-state index contributed by atoms with van der Waals surface area (Å²) in [5.41, 5.74) is 1.90. The summed E-state index contributed by atoms with van der Waals surface area (Å²) in [5.74, 6) is 0.529. The van der Waals surface area contributed by atoms with Gasteiger partial charge >= 0.3 is 6.03 Å². The lowest BCUT2D eigenvalue weighted by Crippen LogP contribution is -2.57. The number of carbonyl (C=O) groups is 2. The van der Waals surface area contributed by atoms with E-state index in [1.54, 1.807) is 0 Å². The van der Waals surface area contributed by atoms with Crippen LogP contribution >= 0.6 is 0 Å². The molecule has 2 fully saturated rings. The fourth-order valence-corrected chi connectivity index (χ4v) is 4.56. The number of urea groups is 1. The number of rotatable bonds is 7. The standard InChI is InChI=1S/C24H35N3O2/c1-5-26-22(28)24(27(23(26)29)14-11-19(2)3)12-15-25(16-13-24)18-20(4)17-21-9-7-6-8-10-21/h6-10,17,19H,5,11-16,18H2,1-4H3/b20-17+. The zero-order chi connectivity index (χ0) is 21.0. The van der Waals surface area contributed by atoms with Gasteiger partial charge in [-0.25, -0.2) is 4.79 Å².